The standard InChI is InChI=1S/C71H139NO5/c1-3-5-7-9-11-13-15-17-19-21-23-24-25-26-28-31-35-39-43-47-51-55-59-63-69(74)68(67-73)72-70(75)64-60-56-52-48-44-40-36-32-29-27-30-34-38-42-46-50-54-58-62-66-77-71(76)65-61-57-53-49-45-41-37-33-22-20-18-16-14-12-10-8-6-4-2/h20,22,68-69,73-74H,3-19,21,23-67H2,1-2H3,(H,72,75)/b22-20-. The zero-order valence-electron chi connectivity index (χ0n) is 52.5. The van der Waals surface area contributed by atoms with Crippen molar-refractivity contribution in [2.45, 2.75) is 418 Å². The van der Waals surface area contributed by atoms with Gasteiger partial charge >= 0.3 is 5.97 Å². The molecule has 0 aliphatic carbocycles. The molecule has 0 bridgehead atoms. The van der Waals surface area contributed by atoms with Gasteiger partial charge in [-0.15, -0.1) is 0 Å². The number of aliphatic hydroxyl groups is 2. The summed E-state index contributed by atoms with van der Waals surface area (Å²) in [7, 11) is 0. The molecule has 0 aliphatic heterocycles. The van der Waals surface area contributed by atoms with Gasteiger partial charge in [-0.25, -0.2) is 0 Å². The maximum Gasteiger partial charge on any atom is 0.305 e. The second kappa shape index (κ2) is 67.1. The first kappa shape index (κ1) is 75.6. The summed E-state index contributed by atoms with van der Waals surface area (Å²) in [5.41, 5.74) is 0. The third-order valence-electron chi connectivity index (χ3n) is 16.8. The van der Waals surface area contributed by atoms with E-state index in [0.29, 0.717) is 25.9 Å². The minimum atomic E-state index is -0.667. The van der Waals surface area contributed by atoms with Gasteiger partial charge in [0.1, 0.15) is 0 Å². The summed E-state index contributed by atoms with van der Waals surface area (Å²) in [6, 6.07) is -0.545. The van der Waals surface area contributed by atoms with Gasteiger partial charge in [-0.05, 0) is 51.4 Å². The molecule has 0 saturated carbocycles. The molecule has 0 aromatic carbocycles. The number of hydrogen-bond acceptors (Lipinski definition) is 5. The summed E-state index contributed by atoms with van der Waals surface area (Å²) in [5.74, 6) is -0.0250. The molecule has 0 rings (SSSR count). The molecule has 0 aromatic rings. The van der Waals surface area contributed by atoms with Crippen LogP contribution in [0.1, 0.15) is 406 Å². The molecule has 0 heterocycles. The Kier molecular flexibility index (Phi) is 65.9. The Morgan fingerprint density at radius 1 is 0.351 bits per heavy atom. The number of esters is 1. The normalized spacial score (nSPS) is 12.5. The number of hydrogen-bond donors (Lipinski definition) is 3. The molecular weight excluding hydrogens is 947 g/mol. The number of rotatable bonds is 67. The third kappa shape index (κ3) is 63.6. The number of carbonyl (C=O) groups excluding carboxylic acids is 2. The number of unbranched alkanes of at least 4 members (excludes halogenated alkanes) is 54. The van der Waals surface area contributed by atoms with Gasteiger partial charge in [0.25, 0.3) is 0 Å². The van der Waals surface area contributed by atoms with Gasteiger partial charge in [-0.1, -0.05) is 353 Å². The number of allylic oxidation sites excluding steroid dienone is 2. The molecule has 0 spiro atoms. The molecule has 0 aliphatic rings. The second-order valence-electron chi connectivity index (χ2n) is 24.6. The Morgan fingerprint density at radius 3 is 0.922 bits per heavy atom. The lowest BCUT2D eigenvalue weighted by atomic mass is 10.0. The molecule has 6 heteroatoms. The highest BCUT2D eigenvalue weighted by molar-refractivity contribution is 5.76. The van der Waals surface area contributed by atoms with Crippen LogP contribution in [0.25, 0.3) is 0 Å². The summed E-state index contributed by atoms with van der Waals surface area (Å²) in [6.07, 6.45) is 82.5. The van der Waals surface area contributed by atoms with Crippen LogP contribution < -0.4 is 5.32 Å². The fourth-order valence-electron chi connectivity index (χ4n) is 11.4. The van der Waals surface area contributed by atoms with Crippen molar-refractivity contribution in [2.24, 2.45) is 0 Å². The average molecular weight is 1090 g/mol. The highest BCUT2D eigenvalue weighted by atomic mass is 16.5. The van der Waals surface area contributed by atoms with E-state index in [0.717, 1.165) is 44.9 Å². The van der Waals surface area contributed by atoms with E-state index < -0.39 is 12.1 Å². The smallest absolute Gasteiger partial charge is 0.305 e. The summed E-state index contributed by atoms with van der Waals surface area (Å²) in [6.45, 7) is 4.99. The summed E-state index contributed by atoms with van der Waals surface area (Å²) >= 11 is 0. The van der Waals surface area contributed by atoms with E-state index in [9.17, 15) is 19.8 Å². The van der Waals surface area contributed by atoms with Crippen molar-refractivity contribution in [1.29, 1.82) is 0 Å². The van der Waals surface area contributed by atoms with E-state index >= 15 is 0 Å². The molecule has 0 aromatic heterocycles. The Bertz CT molecular complexity index is 1160. The fourth-order valence-corrected chi connectivity index (χ4v) is 11.4. The minimum Gasteiger partial charge on any atom is -0.466 e. The zero-order valence-corrected chi connectivity index (χ0v) is 52.5. The first-order chi connectivity index (χ1) is 38.0. The van der Waals surface area contributed by atoms with Crippen molar-refractivity contribution < 1.29 is 24.5 Å². The van der Waals surface area contributed by atoms with Gasteiger partial charge in [-0.3, -0.25) is 9.59 Å². The van der Waals surface area contributed by atoms with Crippen LogP contribution in [-0.2, 0) is 14.3 Å². The molecular formula is C71H139NO5. The van der Waals surface area contributed by atoms with Crippen LogP contribution >= 0.6 is 0 Å². The van der Waals surface area contributed by atoms with Crippen LogP contribution in [0.15, 0.2) is 12.2 Å². The molecule has 6 nitrogen and oxygen atoms in total. The number of aliphatic hydroxyl groups excluding tert-OH is 2. The van der Waals surface area contributed by atoms with Gasteiger partial charge in [0, 0.05) is 12.8 Å². The molecule has 0 saturated heterocycles. The molecule has 3 N–H and O–H groups in total. The van der Waals surface area contributed by atoms with Crippen molar-refractivity contribution in [2.75, 3.05) is 13.2 Å². The van der Waals surface area contributed by atoms with Gasteiger partial charge < -0.3 is 20.3 Å². The van der Waals surface area contributed by atoms with Gasteiger partial charge in [-0.2, -0.15) is 0 Å². The Hall–Kier alpha value is -1.40. The lowest BCUT2D eigenvalue weighted by Gasteiger charge is -2.22. The third-order valence-corrected chi connectivity index (χ3v) is 16.8. The van der Waals surface area contributed by atoms with Gasteiger partial charge in [0.2, 0.25) is 5.91 Å². The number of carbonyl (C=O) groups is 2. The minimum absolute atomic E-state index is 0.00769. The van der Waals surface area contributed by atoms with Gasteiger partial charge in [0.05, 0.1) is 25.4 Å². The van der Waals surface area contributed by atoms with Crippen LogP contribution in [0.3, 0.4) is 0 Å². The van der Waals surface area contributed by atoms with E-state index in [1.165, 1.54) is 327 Å². The maximum atomic E-state index is 12.6. The van der Waals surface area contributed by atoms with Crippen LogP contribution in [0.2, 0.25) is 0 Å². The maximum absolute atomic E-state index is 12.6. The van der Waals surface area contributed by atoms with E-state index in [1.54, 1.807) is 0 Å². The van der Waals surface area contributed by atoms with Crippen molar-refractivity contribution in [1.82, 2.24) is 5.32 Å². The van der Waals surface area contributed by atoms with Crippen molar-refractivity contribution >= 4 is 11.9 Å². The van der Waals surface area contributed by atoms with Crippen molar-refractivity contribution in [3.8, 4) is 0 Å². The van der Waals surface area contributed by atoms with Crippen LogP contribution in [0.5, 0.6) is 0 Å². The van der Waals surface area contributed by atoms with Crippen LogP contribution in [0.4, 0.5) is 0 Å². The highest BCUT2D eigenvalue weighted by Gasteiger charge is 2.20. The largest absolute Gasteiger partial charge is 0.466 e. The summed E-state index contributed by atoms with van der Waals surface area (Å²) in [4.78, 5) is 24.7. The number of amides is 1. The Labute approximate surface area is 482 Å². The topological polar surface area (TPSA) is 95.9 Å². The Morgan fingerprint density at radius 2 is 0.610 bits per heavy atom. The molecule has 458 valence electrons. The average Bonchev–Trinajstić information content (AvgIpc) is 3.43. The number of ether oxygens (including phenoxy) is 1. The predicted octanol–water partition coefficient (Wildman–Crippen LogP) is 22.8. The van der Waals surface area contributed by atoms with Crippen LogP contribution in [0, 0.1) is 0 Å². The second-order valence-corrected chi connectivity index (χ2v) is 24.6. The quantitative estimate of drug-likeness (QED) is 0.0320. The summed E-state index contributed by atoms with van der Waals surface area (Å²) < 4.78 is 5.50. The first-order valence-electron chi connectivity index (χ1n) is 35.4. The summed E-state index contributed by atoms with van der Waals surface area (Å²) in [5, 5.41) is 23.4. The highest BCUT2D eigenvalue weighted by Crippen LogP contribution is 2.19. The lowest BCUT2D eigenvalue weighted by Crippen LogP contribution is -2.45. The van der Waals surface area contributed by atoms with E-state index in [2.05, 4.69) is 31.3 Å². The van der Waals surface area contributed by atoms with E-state index in [-0.39, 0.29) is 18.5 Å². The zero-order chi connectivity index (χ0) is 55.7. The SMILES string of the molecule is CCCCCCCCC/C=C\CCCCCCCCCC(=O)OCCCCCCCCCCCCCCCCCCCCCC(=O)NC(CO)C(O)CCCCCCCCCCCCCCCCCCCCCCCCC. The molecule has 0 radical (unpaired) electrons. The molecule has 2 atom stereocenters. The Balaban J connectivity index is 3.38. The molecule has 77 heavy (non-hydrogen) atoms. The van der Waals surface area contributed by atoms with Crippen molar-refractivity contribution in [3.05, 3.63) is 12.2 Å². The van der Waals surface area contributed by atoms with Crippen molar-refractivity contribution in [3.63, 3.8) is 0 Å². The molecule has 2 unspecified atom stereocenters. The molecule has 1 amide bonds. The van der Waals surface area contributed by atoms with Gasteiger partial charge in [0.15, 0.2) is 0 Å². The number of nitrogens with one attached hydrogen (secondary N) is 1. The fraction of sp³-hybridized carbons (Fsp3) is 0.944. The first-order valence-corrected chi connectivity index (χ1v) is 35.4. The van der Waals surface area contributed by atoms with E-state index in [1.807, 2.05) is 0 Å². The van der Waals surface area contributed by atoms with Crippen LogP contribution in [-0.4, -0.2) is 47.4 Å². The monoisotopic (exact) mass is 1090 g/mol. The predicted molar refractivity (Wildman–Crippen MR) is 338 cm³/mol. The van der Waals surface area contributed by atoms with E-state index in [4.69, 9.17) is 4.74 Å². The lowest BCUT2D eigenvalue weighted by molar-refractivity contribution is -0.143. The molecule has 0 fully saturated rings.